The molecule has 1 aromatic carbocycles. The van der Waals surface area contributed by atoms with Gasteiger partial charge < -0.3 is 15.0 Å². The number of ether oxygens (including phenoxy) is 1. The maximum atomic E-state index is 12.4. The van der Waals surface area contributed by atoms with E-state index in [9.17, 15) is 4.79 Å². The number of likely N-dealkylation sites (N-methyl/N-ethyl adjacent to an activating group) is 1. The van der Waals surface area contributed by atoms with Crippen molar-refractivity contribution >= 4 is 5.91 Å². The van der Waals surface area contributed by atoms with Crippen molar-refractivity contribution in [1.82, 2.24) is 20.1 Å². The van der Waals surface area contributed by atoms with Gasteiger partial charge in [0.15, 0.2) is 0 Å². The van der Waals surface area contributed by atoms with Crippen LogP contribution in [0.1, 0.15) is 17.2 Å². The lowest BCUT2D eigenvalue weighted by atomic mass is 9.93. The van der Waals surface area contributed by atoms with Crippen LogP contribution in [0, 0.1) is 0 Å². The number of carbonyl (C=O) groups excluding carboxylic acids is 1. The van der Waals surface area contributed by atoms with E-state index in [0.717, 1.165) is 24.5 Å². The fourth-order valence-corrected chi connectivity index (χ4v) is 3.65. The van der Waals surface area contributed by atoms with Gasteiger partial charge in [-0.2, -0.15) is 0 Å². The van der Waals surface area contributed by atoms with Crippen LogP contribution < -0.4 is 10.1 Å². The number of benzene rings is 1. The second-order valence-electron chi connectivity index (χ2n) is 7.20. The Kier molecular flexibility index (Phi) is 6.42. The van der Waals surface area contributed by atoms with Crippen molar-refractivity contribution in [2.75, 3.05) is 40.8 Å². The number of methoxy groups -OCH3 is 1. The topological polar surface area (TPSA) is 57.7 Å². The lowest BCUT2D eigenvalue weighted by molar-refractivity contribution is -0.122. The second kappa shape index (κ2) is 8.97. The molecule has 0 radical (unpaired) electrons. The zero-order valence-corrected chi connectivity index (χ0v) is 16.3. The van der Waals surface area contributed by atoms with Crippen LogP contribution >= 0.6 is 0 Å². The molecule has 3 rings (SSSR count). The van der Waals surface area contributed by atoms with Gasteiger partial charge in [0.25, 0.3) is 0 Å². The summed E-state index contributed by atoms with van der Waals surface area (Å²) in [6.07, 6.45) is 1.74. The van der Waals surface area contributed by atoms with Crippen LogP contribution in [0.25, 0.3) is 0 Å². The number of aromatic nitrogens is 1. The quantitative estimate of drug-likeness (QED) is 0.807. The first-order valence-electron chi connectivity index (χ1n) is 9.26. The molecule has 6 nitrogen and oxygen atoms in total. The molecule has 2 heterocycles. The smallest absolute Gasteiger partial charge is 0.234 e. The third-order valence-corrected chi connectivity index (χ3v) is 5.13. The van der Waals surface area contributed by atoms with Gasteiger partial charge in [0.2, 0.25) is 5.91 Å². The highest BCUT2D eigenvalue weighted by Gasteiger charge is 2.35. The molecule has 2 atom stereocenters. The number of rotatable bonds is 7. The molecule has 0 spiro atoms. The Morgan fingerprint density at radius 3 is 2.63 bits per heavy atom. The van der Waals surface area contributed by atoms with E-state index >= 15 is 0 Å². The molecular weight excluding hydrogens is 340 g/mol. The van der Waals surface area contributed by atoms with Crippen molar-refractivity contribution in [3.63, 3.8) is 0 Å². The number of hydrogen-bond donors (Lipinski definition) is 1. The molecule has 2 unspecified atom stereocenters. The van der Waals surface area contributed by atoms with Crippen molar-refractivity contribution in [2.24, 2.45) is 0 Å². The van der Waals surface area contributed by atoms with Crippen LogP contribution in [-0.4, -0.2) is 67.6 Å². The van der Waals surface area contributed by atoms with E-state index in [-0.39, 0.29) is 5.91 Å². The van der Waals surface area contributed by atoms with E-state index in [1.54, 1.807) is 13.3 Å². The van der Waals surface area contributed by atoms with Crippen molar-refractivity contribution in [3.8, 4) is 5.75 Å². The van der Waals surface area contributed by atoms with Gasteiger partial charge in [-0.3, -0.25) is 14.7 Å². The van der Waals surface area contributed by atoms with Crippen molar-refractivity contribution < 1.29 is 9.53 Å². The number of nitrogens with zero attached hydrogens (tertiary/aromatic N) is 3. The Balaban J connectivity index is 1.59. The molecule has 0 aliphatic carbocycles. The summed E-state index contributed by atoms with van der Waals surface area (Å²) >= 11 is 0. The van der Waals surface area contributed by atoms with E-state index in [0.29, 0.717) is 25.0 Å². The molecular formula is C21H28N4O2. The van der Waals surface area contributed by atoms with Gasteiger partial charge in [-0.1, -0.05) is 18.2 Å². The molecule has 27 heavy (non-hydrogen) atoms. The maximum absolute atomic E-state index is 12.4. The average Bonchev–Trinajstić information content (AvgIpc) is 3.11. The fourth-order valence-electron chi connectivity index (χ4n) is 3.65. The summed E-state index contributed by atoms with van der Waals surface area (Å²) < 4.78 is 5.26. The van der Waals surface area contributed by atoms with Crippen LogP contribution in [0.15, 0.2) is 48.7 Å². The summed E-state index contributed by atoms with van der Waals surface area (Å²) in [5, 5.41) is 2.97. The summed E-state index contributed by atoms with van der Waals surface area (Å²) in [4.78, 5) is 21.1. The van der Waals surface area contributed by atoms with Gasteiger partial charge in [-0.05, 0) is 43.9 Å². The zero-order chi connectivity index (χ0) is 19.2. The molecule has 1 saturated heterocycles. The van der Waals surface area contributed by atoms with Gasteiger partial charge in [-0.15, -0.1) is 0 Å². The lowest BCUT2D eigenvalue weighted by Gasteiger charge is -2.25. The molecule has 6 heteroatoms. The van der Waals surface area contributed by atoms with Crippen LogP contribution in [-0.2, 0) is 11.3 Å². The zero-order valence-electron chi connectivity index (χ0n) is 16.3. The lowest BCUT2D eigenvalue weighted by Crippen LogP contribution is -2.38. The largest absolute Gasteiger partial charge is 0.497 e. The Labute approximate surface area is 161 Å². The predicted octanol–water partition coefficient (Wildman–Crippen LogP) is 1.74. The first-order valence-corrected chi connectivity index (χ1v) is 9.26. The van der Waals surface area contributed by atoms with E-state index < -0.39 is 0 Å². The SMILES string of the molecule is COc1ccc(C2CN(CC(=O)NCc3ccccn3)CC2N(C)C)cc1. The molecule has 1 N–H and O–H groups in total. The van der Waals surface area contributed by atoms with E-state index in [1.807, 2.05) is 30.3 Å². The minimum atomic E-state index is 0.0357. The van der Waals surface area contributed by atoms with Gasteiger partial charge in [0, 0.05) is 31.2 Å². The van der Waals surface area contributed by atoms with Crippen molar-refractivity contribution in [2.45, 2.75) is 18.5 Å². The molecule has 1 amide bonds. The average molecular weight is 368 g/mol. The Bertz CT molecular complexity index is 734. The van der Waals surface area contributed by atoms with Crippen molar-refractivity contribution in [1.29, 1.82) is 0 Å². The summed E-state index contributed by atoms with van der Waals surface area (Å²) in [7, 11) is 5.89. The minimum absolute atomic E-state index is 0.0357. The number of carbonyl (C=O) groups is 1. The predicted molar refractivity (Wildman–Crippen MR) is 106 cm³/mol. The number of pyridine rings is 1. The van der Waals surface area contributed by atoms with Gasteiger partial charge in [0.05, 0.1) is 25.9 Å². The Morgan fingerprint density at radius 1 is 1.22 bits per heavy atom. The fraction of sp³-hybridized carbons (Fsp3) is 0.429. The Morgan fingerprint density at radius 2 is 2.00 bits per heavy atom. The standard InChI is InChI=1S/C21H28N4O2/c1-24(2)20-14-25(13-19(20)16-7-9-18(27-3)10-8-16)15-21(26)23-12-17-6-4-5-11-22-17/h4-11,19-20H,12-15H2,1-3H3,(H,23,26). The first-order chi connectivity index (χ1) is 13.1. The first kappa shape index (κ1) is 19.3. The number of nitrogens with one attached hydrogen (secondary N) is 1. The number of likely N-dealkylation sites (tertiary alicyclic amines) is 1. The second-order valence-corrected chi connectivity index (χ2v) is 7.20. The number of hydrogen-bond acceptors (Lipinski definition) is 5. The van der Waals surface area contributed by atoms with Crippen molar-refractivity contribution in [3.05, 3.63) is 59.9 Å². The highest BCUT2D eigenvalue weighted by atomic mass is 16.5. The molecule has 0 bridgehead atoms. The maximum Gasteiger partial charge on any atom is 0.234 e. The molecule has 2 aromatic rings. The highest BCUT2D eigenvalue weighted by molar-refractivity contribution is 5.78. The summed E-state index contributed by atoms with van der Waals surface area (Å²) in [6, 6.07) is 14.4. The van der Waals surface area contributed by atoms with E-state index in [2.05, 4.69) is 46.3 Å². The molecule has 1 fully saturated rings. The third-order valence-electron chi connectivity index (χ3n) is 5.13. The molecule has 1 aromatic heterocycles. The summed E-state index contributed by atoms with van der Waals surface area (Å²) in [6.45, 7) is 2.61. The third kappa shape index (κ3) is 5.05. The van der Waals surface area contributed by atoms with E-state index in [4.69, 9.17) is 4.74 Å². The van der Waals surface area contributed by atoms with Crippen LogP contribution in [0.2, 0.25) is 0 Å². The van der Waals surface area contributed by atoms with Gasteiger partial charge in [0.1, 0.15) is 5.75 Å². The van der Waals surface area contributed by atoms with Crippen LogP contribution in [0.5, 0.6) is 5.75 Å². The molecule has 1 aliphatic rings. The normalized spacial score (nSPS) is 20.0. The molecule has 144 valence electrons. The molecule has 1 aliphatic heterocycles. The summed E-state index contributed by atoms with van der Waals surface area (Å²) in [5.74, 6) is 1.27. The van der Waals surface area contributed by atoms with Crippen LogP contribution in [0.3, 0.4) is 0 Å². The Hall–Kier alpha value is -2.44. The van der Waals surface area contributed by atoms with Crippen LogP contribution in [0.4, 0.5) is 0 Å². The highest BCUT2D eigenvalue weighted by Crippen LogP contribution is 2.31. The summed E-state index contributed by atoms with van der Waals surface area (Å²) in [5.41, 5.74) is 2.15. The number of amides is 1. The van der Waals surface area contributed by atoms with Gasteiger partial charge in [-0.25, -0.2) is 0 Å². The monoisotopic (exact) mass is 368 g/mol. The van der Waals surface area contributed by atoms with Gasteiger partial charge >= 0.3 is 0 Å². The molecule has 0 saturated carbocycles. The van der Waals surface area contributed by atoms with E-state index in [1.165, 1.54) is 5.56 Å². The minimum Gasteiger partial charge on any atom is -0.497 e.